The molecule has 1 unspecified atom stereocenters. The molecule has 1 fully saturated rings. The van der Waals surface area contributed by atoms with Crippen molar-refractivity contribution in [1.82, 2.24) is 0 Å². The smallest absolute Gasteiger partial charge is 0.294 e. The van der Waals surface area contributed by atoms with Crippen LogP contribution in [0.2, 0.25) is 0 Å². The fraction of sp³-hybridized carbons (Fsp3) is 0.273. The third-order valence-corrected chi connectivity index (χ3v) is 2.75. The fourth-order valence-corrected chi connectivity index (χ4v) is 1.94. The first-order chi connectivity index (χ1) is 8.52. The van der Waals surface area contributed by atoms with Gasteiger partial charge >= 0.3 is 0 Å². The molecule has 7 heteroatoms. The number of nitriles is 1. The predicted octanol–water partition coefficient (Wildman–Crippen LogP) is 0.530. The number of amides is 1. The summed E-state index contributed by atoms with van der Waals surface area (Å²) in [6.07, 6.45) is 0.178. The van der Waals surface area contributed by atoms with Gasteiger partial charge in [-0.1, -0.05) is 0 Å². The van der Waals surface area contributed by atoms with Crippen molar-refractivity contribution in [1.29, 1.82) is 5.26 Å². The molecule has 1 atom stereocenters. The highest BCUT2D eigenvalue weighted by atomic mass is 16.6. The van der Waals surface area contributed by atoms with E-state index in [0.29, 0.717) is 0 Å². The first-order valence-electron chi connectivity index (χ1n) is 5.27. The second-order valence-corrected chi connectivity index (χ2v) is 4.04. The molecule has 0 radical (unpaired) electrons. The second kappa shape index (κ2) is 4.43. The van der Waals surface area contributed by atoms with Crippen LogP contribution in [0.4, 0.5) is 11.4 Å². The highest BCUT2D eigenvalue weighted by Crippen LogP contribution is 2.31. The van der Waals surface area contributed by atoms with E-state index in [-0.39, 0.29) is 41.9 Å². The Labute approximate surface area is 103 Å². The number of nitro groups is 1. The Bertz CT molecular complexity index is 564. The number of hydrogen-bond acceptors (Lipinski definition) is 5. The lowest BCUT2D eigenvalue weighted by atomic mass is 10.1. The average Bonchev–Trinajstić information content (AvgIpc) is 2.67. The molecule has 1 aliphatic rings. The summed E-state index contributed by atoms with van der Waals surface area (Å²) in [7, 11) is 0. The van der Waals surface area contributed by atoms with Gasteiger partial charge in [0.05, 0.1) is 16.6 Å². The van der Waals surface area contributed by atoms with E-state index in [0.717, 1.165) is 6.07 Å². The Balaban J connectivity index is 2.48. The average molecular weight is 246 g/mol. The van der Waals surface area contributed by atoms with E-state index >= 15 is 0 Å². The van der Waals surface area contributed by atoms with E-state index in [9.17, 15) is 14.9 Å². The molecule has 0 saturated carbocycles. The molecule has 0 bridgehead atoms. The second-order valence-electron chi connectivity index (χ2n) is 4.04. The molecule has 92 valence electrons. The summed E-state index contributed by atoms with van der Waals surface area (Å²) in [4.78, 5) is 23.3. The Morgan fingerprint density at radius 3 is 2.78 bits per heavy atom. The summed E-state index contributed by atoms with van der Waals surface area (Å²) in [6, 6.07) is 5.53. The van der Waals surface area contributed by atoms with Gasteiger partial charge in [-0.3, -0.25) is 14.9 Å². The van der Waals surface area contributed by atoms with Gasteiger partial charge in [0.25, 0.3) is 5.69 Å². The topological polar surface area (TPSA) is 113 Å². The fourth-order valence-electron chi connectivity index (χ4n) is 1.94. The molecule has 1 amide bonds. The number of nitrogens with zero attached hydrogens (tertiary/aromatic N) is 3. The zero-order valence-electron chi connectivity index (χ0n) is 9.37. The molecule has 1 aromatic carbocycles. The van der Waals surface area contributed by atoms with Gasteiger partial charge in [-0.05, 0) is 12.1 Å². The Kier molecular flexibility index (Phi) is 2.95. The molecule has 1 aliphatic heterocycles. The minimum absolute atomic E-state index is 0.178. The SMILES string of the molecule is N#Cc1ccc(N2CC(N)CC2=O)c([N+](=O)[O-])c1. The van der Waals surface area contributed by atoms with E-state index in [1.54, 1.807) is 0 Å². The molecule has 0 aliphatic carbocycles. The Morgan fingerprint density at radius 1 is 1.56 bits per heavy atom. The Hall–Kier alpha value is -2.46. The maximum absolute atomic E-state index is 11.7. The maximum atomic E-state index is 11.7. The summed E-state index contributed by atoms with van der Waals surface area (Å²) in [5.41, 5.74) is 5.77. The van der Waals surface area contributed by atoms with Crippen LogP contribution in [-0.2, 0) is 4.79 Å². The van der Waals surface area contributed by atoms with E-state index in [1.165, 1.54) is 17.0 Å². The van der Waals surface area contributed by atoms with Gasteiger partial charge in [-0.2, -0.15) is 5.26 Å². The lowest BCUT2D eigenvalue weighted by molar-refractivity contribution is -0.384. The standard InChI is InChI=1S/C11H10N4O3/c12-5-7-1-2-9(10(3-7)15(17)18)14-6-8(13)4-11(14)16/h1-3,8H,4,6,13H2. The molecular weight excluding hydrogens is 236 g/mol. The van der Waals surface area contributed by atoms with Crippen molar-refractivity contribution < 1.29 is 9.72 Å². The highest BCUT2D eigenvalue weighted by Gasteiger charge is 2.32. The first kappa shape index (κ1) is 12.0. The number of nitro benzene ring substituents is 1. The van der Waals surface area contributed by atoms with Crippen molar-refractivity contribution in [3.8, 4) is 6.07 Å². The van der Waals surface area contributed by atoms with Crippen LogP contribution in [0, 0.1) is 21.4 Å². The normalized spacial score (nSPS) is 18.8. The summed E-state index contributed by atoms with van der Waals surface area (Å²) in [5.74, 6) is -0.240. The number of carbonyl (C=O) groups excluding carboxylic acids is 1. The van der Waals surface area contributed by atoms with Crippen LogP contribution < -0.4 is 10.6 Å². The third kappa shape index (κ3) is 2.01. The summed E-state index contributed by atoms with van der Waals surface area (Å²) in [6.45, 7) is 0.256. The van der Waals surface area contributed by atoms with E-state index in [4.69, 9.17) is 11.0 Å². The third-order valence-electron chi connectivity index (χ3n) is 2.75. The minimum atomic E-state index is -0.604. The zero-order valence-corrected chi connectivity index (χ0v) is 9.37. The number of anilines is 1. The van der Waals surface area contributed by atoms with Gasteiger partial charge < -0.3 is 10.6 Å². The molecule has 2 N–H and O–H groups in total. The zero-order chi connectivity index (χ0) is 13.3. The molecule has 2 rings (SSSR count). The van der Waals surface area contributed by atoms with Crippen LogP contribution in [0.3, 0.4) is 0 Å². The molecule has 7 nitrogen and oxygen atoms in total. The van der Waals surface area contributed by atoms with Gasteiger partial charge in [0, 0.05) is 25.1 Å². The van der Waals surface area contributed by atoms with Crippen molar-refractivity contribution >= 4 is 17.3 Å². The van der Waals surface area contributed by atoms with Gasteiger partial charge in [0.2, 0.25) is 5.91 Å². The lowest BCUT2D eigenvalue weighted by Crippen LogP contribution is -2.28. The van der Waals surface area contributed by atoms with Crippen molar-refractivity contribution in [3.05, 3.63) is 33.9 Å². The van der Waals surface area contributed by atoms with E-state index < -0.39 is 4.92 Å². The van der Waals surface area contributed by atoms with Crippen LogP contribution >= 0.6 is 0 Å². The van der Waals surface area contributed by atoms with E-state index in [1.807, 2.05) is 6.07 Å². The molecule has 0 aromatic heterocycles. The largest absolute Gasteiger partial charge is 0.326 e. The quantitative estimate of drug-likeness (QED) is 0.604. The van der Waals surface area contributed by atoms with Crippen molar-refractivity contribution in [2.24, 2.45) is 5.73 Å². The van der Waals surface area contributed by atoms with Crippen LogP contribution in [0.25, 0.3) is 0 Å². The van der Waals surface area contributed by atoms with Gasteiger partial charge in [-0.25, -0.2) is 0 Å². The molecule has 1 aromatic rings. The van der Waals surface area contributed by atoms with Crippen molar-refractivity contribution in [2.75, 3.05) is 11.4 Å². The highest BCUT2D eigenvalue weighted by molar-refractivity contribution is 5.98. The molecule has 1 saturated heterocycles. The van der Waals surface area contributed by atoms with Crippen molar-refractivity contribution in [2.45, 2.75) is 12.5 Å². The van der Waals surface area contributed by atoms with Crippen LogP contribution in [0.5, 0.6) is 0 Å². The first-order valence-corrected chi connectivity index (χ1v) is 5.27. The number of benzene rings is 1. The molecule has 0 spiro atoms. The number of hydrogen-bond donors (Lipinski definition) is 1. The van der Waals surface area contributed by atoms with Gasteiger partial charge in [0.1, 0.15) is 5.69 Å². The lowest BCUT2D eigenvalue weighted by Gasteiger charge is -2.15. The predicted molar refractivity (Wildman–Crippen MR) is 62.8 cm³/mol. The van der Waals surface area contributed by atoms with Gasteiger partial charge in [0.15, 0.2) is 0 Å². The molecular formula is C11H10N4O3. The monoisotopic (exact) mass is 246 g/mol. The maximum Gasteiger partial charge on any atom is 0.294 e. The molecule has 18 heavy (non-hydrogen) atoms. The summed E-state index contributed by atoms with van der Waals surface area (Å²) < 4.78 is 0. The Morgan fingerprint density at radius 2 is 2.28 bits per heavy atom. The van der Waals surface area contributed by atoms with E-state index in [2.05, 4.69) is 0 Å². The molecule has 1 heterocycles. The number of carbonyl (C=O) groups is 1. The van der Waals surface area contributed by atoms with Gasteiger partial charge in [-0.15, -0.1) is 0 Å². The minimum Gasteiger partial charge on any atom is -0.326 e. The van der Waals surface area contributed by atoms with Crippen LogP contribution in [0.1, 0.15) is 12.0 Å². The summed E-state index contributed by atoms with van der Waals surface area (Å²) >= 11 is 0. The van der Waals surface area contributed by atoms with Crippen LogP contribution in [0.15, 0.2) is 18.2 Å². The number of rotatable bonds is 2. The van der Waals surface area contributed by atoms with Crippen LogP contribution in [-0.4, -0.2) is 23.4 Å². The number of nitrogens with two attached hydrogens (primary N) is 1. The van der Waals surface area contributed by atoms with Crippen molar-refractivity contribution in [3.63, 3.8) is 0 Å². The summed E-state index contributed by atoms with van der Waals surface area (Å²) in [5, 5.41) is 19.7.